The Morgan fingerprint density at radius 2 is 2.16 bits per heavy atom. The highest BCUT2D eigenvalue weighted by atomic mass is 32.2. The lowest BCUT2D eigenvalue weighted by Gasteiger charge is -2.13. The van der Waals surface area contributed by atoms with Gasteiger partial charge in [-0.25, -0.2) is 0 Å². The summed E-state index contributed by atoms with van der Waals surface area (Å²) in [5.41, 5.74) is 9.80. The van der Waals surface area contributed by atoms with Gasteiger partial charge in [0, 0.05) is 34.2 Å². The summed E-state index contributed by atoms with van der Waals surface area (Å²) in [6.45, 7) is 5.24. The first-order chi connectivity index (χ1) is 9.10. The highest BCUT2D eigenvalue weighted by Gasteiger charge is 2.05. The molecule has 3 nitrogen and oxygen atoms in total. The van der Waals surface area contributed by atoms with Crippen LogP contribution in [0.5, 0.6) is 0 Å². The van der Waals surface area contributed by atoms with Gasteiger partial charge in [-0.2, -0.15) is 11.8 Å². The van der Waals surface area contributed by atoms with Crippen molar-refractivity contribution < 1.29 is 0 Å². The lowest BCUT2D eigenvalue weighted by Crippen LogP contribution is -2.08. The fourth-order valence-electron chi connectivity index (χ4n) is 2.05. The summed E-state index contributed by atoms with van der Waals surface area (Å²) in [7, 11) is 0. The predicted octanol–water partition coefficient (Wildman–Crippen LogP) is 3.68. The number of nitrogens with two attached hydrogens (primary N) is 1. The highest BCUT2D eigenvalue weighted by Crippen LogP contribution is 2.25. The number of pyridine rings is 1. The lowest BCUT2D eigenvalue weighted by molar-refractivity contribution is 0.854. The van der Waals surface area contributed by atoms with Crippen LogP contribution in [0.4, 0.5) is 11.4 Å². The number of aryl methyl sites for hydroxylation is 1. The van der Waals surface area contributed by atoms with Gasteiger partial charge in [-0.15, -0.1) is 0 Å². The van der Waals surface area contributed by atoms with E-state index in [9.17, 15) is 0 Å². The summed E-state index contributed by atoms with van der Waals surface area (Å²) >= 11 is 1.90. The van der Waals surface area contributed by atoms with Crippen molar-refractivity contribution in [3.63, 3.8) is 0 Å². The fourth-order valence-corrected chi connectivity index (χ4v) is 2.40. The number of anilines is 2. The Kier molecular flexibility index (Phi) is 4.53. The summed E-state index contributed by atoms with van der Waals surface area (Å²) in [5.74, 6) is 0. The fraction of sp³-hybridized carbons (Fsp3) is 0.400. The molecule has 1 heterocycles. The van der Waals surface area contributed by atoms with Crippen molar-refractivity contribution in [1.82, 2.24) is 4.98 Å². The summed E-state index contributed by atoms with van der Waals surface area (Å²) in [6, 6.07) is 7.95. The van der Waals surface area contributed by atoms with E-state index in [0.29, 0.717) is 5.25 Å². The number of hydrogen-bond acceptors (Lipinski definition) is 4. The molecule has 0 fully saturated rings. The van der Waals surface area contributed by atoms with Crippen molar-refractivity contribution >= 4 is 34.0 Å². The first-order valence-corrected chi connectivity index (χ1v) is 7.82. The number of thioether (sulfide) groups is 1. The molecule has 1 aromatic carbocycles. The SMILES string of the molecule is CSC(C)CCNc1cc(C)nc2ccc(N)cc12. The van der Waals surface area contributed by atoms with E-state index < -0.39 is 0 Å². The molecule has 1 unspecified atom stereocenters. The van der Waals surface area contributed by atoms with Gasteiger partial charge in [0.2, 0.25) is 0 Å². The van der Waals surface area contributed by atoms with Crippen LogP contribution in [-0.2, 0) is 0 Å². The number of fused-ring (bicyclic) bond motifs is 1. The molecule has 0 aliphatic heterocycles. The molecule has 0 aliphatic rings. The zero-order chi connectivity index (χ0) is 13.8. The van der Waals surface area contributed by atoms with Crippen molar-refractivity contribution in [1.29, 1.82) is 0 Å². The summed E-state index contributed by atoms with van der Waals surface area (Å²) < 4.78 is 0. The van der Waals surface area contributed by atoms with Crippen LogP contribution < -0.4 is 11.1 Å². The number of nitrogens with zero attached hydrogens (tertiary/aromatic N) is 1. The zero-order valence-electron chi connectivity index (χ0n) is 11.7. The molecule has 19 heavy (non-hydrogen) atoms. The minimum atomic E-state index is 0.673. The minimum absolute atomic E-state index is 0.673. The van der Waals surface area contributed by atoms with Crippen molar-refractivity contribution in [2.45, 2.75) is 25.5 Å². The standard InChI is InChI=1S/C15H21N3S/c1-10-8-15(17-7-6-11(2)19-3)13-9-12(16)4-5-14(13)18-10/h4-5,8-9,11H,6-7,16H2,1-3H3,(H,17,18). The topological polar surface area (TPSA) is 50.9 Å². The van der Waals surface area contributed by atoms with Gasteiger partial charge in [0.1, 0.15) is 0 Å². The molecule has 0 aliphatic carbocycles. The molecule has 0 saturated heterocycles. The minimum Gasteiger partial charge on any atom is -0.399 e. The van der Waals surface area contributed by atoms with Crippen molar-refractivity contribution in [3.8, 4) is 0 Å². The summed E-state index contributed by atoms with van der Waals surface area (Å²) in [5, 5.41) is 5.28. The van der Waals surface area contributed by atoms with Crippen LogP contribution in [0, 0.1) is 6.92 Å². The molecule has 0 radical (unpaired) electrons. The lowest BCUT2D eigenvalue weighted by atomic mass is 10.1. The first kappa shape index (κ1) is 14.0. The molecule has 0 spiro atoms. The highest BCUT2D eigenvalue weighted by molar-refractivity contribution is 7.99. The molecule has 102 valence electrons. The summed E-state index contributed by atoms with van der Waals surface area (Å²) in [6.07, 6.45) is 3.30. The van der Waals surface area contributed by atoms with Crippen molar-refractivity contribution in [2.24, 2.45) is 0 Å². The van der Waals surface area contributed by atoms with Crippen LogP contribution >= 0.6 is 11.8 Å². The largest absolute Gasteiger partial charge is 0.399 e. The Morgan fingerprint density at radius 3 is 2.89 bits per heavy atom. The van der Waals surface area contributed by atoms with E-state index in [4.69, 9.17) is 5.73 Å². The van der Waals surface area contributed by atoms with Crippen LogP contribution in [0.25, 0.3) is 10.9 Å². The van der Waals surface area contributed by atoms with Crippen LogP contribution in [-0.4, -0.2) is 23.0 Å². The average molecular weight is 275 g/mol. The van der Waals surface area contributed by atoms with E-state index >= 15 is 0 Å². The van der Waals surface area contributed by atoms with E-state index in [1.54, 1.807) is 0 Å². The summed E-state index contributed by atoms with van der Waals surface area (Å²) in [4.78, 5) is 4.54. The van der Waals surface area contributed by atoms with E-state index in [1.807, 2.05) is 36.9 Å². The van der Waals surface area contributed by atoms with Gasteiger partial charge >= 0.3 is 0 Å². The van der Waals surface area contributed by atoms with Crippen LogP contribution in [0.3, 0.4) is 0 Å². The predicted molar refractivity (Wildman–Crippen MR) is 87.0 cm³/mol. The maximum atomic E-state index is 5.87. The van der Waals surface area contributed by atoms with Crippen LogP contribution in [0.15, 0.2) is 24.3 Å². The Labute approximate surface area is 119 Å². The van der Waals surface area contributed by atoms with Gasteiger partial charge in [0.05, 0.1) is 5.52 Å². The van der Waals surface area contributed by atoms with Gasteiger partial charge in [-0.1, -0.05) is 6.92 Å². The third kappa shape index (κ3) is 3.53. The molecule has 2 rings (SSSR count). The average Bonchev–Trinajstić information content (AvgIpc) is 2.39. The quantitative estimate of drug-likeness (QED) is 0.817. The molecule has 0 bridgehead atoms. The smallest absolute Gasteiger partial charge is 0.0727 e. The second-order valence-corrected chi connectivity index (χ2v) is 6.13. The number of benzene rings is 1. The van der Waals surface area contributed by atoms with E-state index in [2.05, 4.69) is 29.5 Å². The molecular weight excluding hydrogens is 254 g/mol. The maximum Gasteiger partial charge on any atom is 0.0727 e. The third-order valence-corrected chi connectivity index (χ3v) is 4.27. The number of nitrogen functional groups attached to an aromatic ring is 1. The second-order valence-electron chi connectivity index (χ2n) is 4.85. The monoisotopic (exact) mass is 275 g/mol. The van der Waals surface area contributed by atoms with Gasteiger partial charge in [0.15, 0.2) is 0 Å². The molecular formula is C15H21N3S. The second kappa shape index (κ2) is 6.15. The molecule has 0 amide bonds. The third-order valence-electron chi connectivity index (χ3n) is 3.23. The Morgan fingerprint density at radius 1 is 1.37 bits per heavy atom. The molecule has 1 aromatic heterocycles. The van der Waals surface area contributed by atoms with Gasteiger partial charge < -0.3 is 11.1 Å². The molecule has 4 heteroatoms. The van der Waals surface area contributed by atoms with Gasteiger partial charge in [0.25, 0.3) is 0 Å². The van der Waals surface area contributed by atoms with Crippen molar-refractivity contribution in [3.05, 3.63) is 30.0 Å². The van der Waals surface area contributed by atoms with Crippen molar-refractivity contribution in [2.75, 3.05) is 23.9 Å². The number of nitrogens with one attached hydrogen (secondary N) is 1. The number of aromatic nitrogens is 1. The van der Waals surface area contributed by atoms with Gasteiger partial charge in [-0.3, -0.25) is 4.98 Å². The number of rotatable bonds is 5. The van der Waals surface area contributed by atoms with Crippen LogP contribution in [0.1, 0.15) is 19.0 Å². The van der Waals surface area contributed by atoms with E-state index in [-0.39, 0.29) is 0 Å². The zero-order valence-corrected chi connectivity index (χ0v) is 12.6. The molecule has 0 saturated carbocycles. The molecule has 3 N–H and O–H groups in total. The first-order valence-electron chi connectivity index (χ1n) is 6.53. The Balaban J connectivity index is 2.23. The maximum absolute atomic E-state index is 5.87. The molecule has 1 atom stereocenters. The Bertz CT molecular complexity index is 569. The van der Waals surface area contributed by atoms with Crippen LogP contribution in [0.2, 0.25) is 0 Å². The van der Waals surface area contributed by atoms with E-state index in [1.165, 1.54) is 0 Å². The van der Waals surface area contributed by atoms with E-state index in [0.717, 1.165) is 40.9 Å². The normalized spacial score (nSPS) is 12.6. The van der Waals surface area contributed by atoms with Gasteiger partial charge in [-0.05, 0) is 43.9 Å². The number of hydrogen-bond donors (Lipinski definition) is 2. The Hall–Kier alpha value is -1.42. The molecule has 2 aromatic rings.